The Hall–Kier alpha value is -4.46. The largest absolute Gasteiger partial charge is 0.463 e. The predicted octanol–water partition coefficient (Wildman–Crippen LogP) is 3.38. The molecule has 0 aliphatic carbocycles. The van der Waals surface area contributed by atoms with Crippen molar-refractivity contribution in [3.63, 3.8) is 0 Å². The van der Waals surface area contributed by atoms with Gasteiger partial charge in [0.1, 0.15) is 5.69 Å². The van der Waals surface area contributed by atoms with Crippen molar-refractivity contribution in [1.82, 2.24) is 15.8 Å². The van der Waals surface area contributed by atoms with Crippen molar-refractivity contribution in [1.29, 1.82) is 0 Å². The summed E-state index contributed by atoms with van der Waals surface area (Å²) in [6.45, 7) is 0. The van der Waals surface area contributed by atoms with E-state index in [1.807, 2.05) is 12.1 Å². The van der Waals surface area contributed by atoms with Gasteiger partial charge in [0.2, 0.25) is 11.8 Å². The summed E-state index contributed by atoms with van der Waals surface area (Å²) in [6.07, 6.45) is 1.53. The zero-order chi connectivity index (χ0) is 22.1. The van der Waals surface area contributed by atoms with Gasteiger partial charge in [-0.1, -0.05) is 36.4 Å². The molecule has 3 amide bonds. The highest BCUT2D eigenvalue weighted by Gasteiger charge is 2.30. The topological polar surface area (TPSA) is 113 Å². The van der Waals surface area contributed by atoms with Gasteiger partial charge in [-0.2, -0.15) is 0 Å². The van der Waals surface area contributed by atoms with Crippen LogP contribution in [0.1, 0.15) is 28.3 Å². The van der Waals surface area contributed by atoms with E-state index in [1.165, 1.54) is 6.26 Å². The van der Waals surface area contributed by atoms with Gasteiger partial charge in [0.15, 0.2) is 5.76 Å². The first-order valence-electron chi connectivity index (χ1n) is 10.0. The molecule has 2 aromatic heterocycles. The fourth-order valence-electron chi connectivity index (χ4n) is 3.83. The van der Waals surface area contributed by atoms with Gasteiger partial charge in [-0.3, -0.25) is 25.2 Å². The zero-order valence-corrected chi connectivity index (χ0v) is 16.8. The van der Waals surface area contributed by atoms with Crippen molar-refractivity contribution >= 4 is 34.3 Å². The van der Waals surface area contributed by atoms with E-state index in [-0.39, 0.29) is 12.3 Å². The summed E-state index contributed by atoms with van der Waals surface area (Å²) in [5, 5.41) is 3.39. The fourth-order valence-corrected chi connectivity index (χ4v) is 3.83. The summed E-state index contributed by atoms with van der Waals surface area (Å²) in [5.41, 5.74) is 7.71. The lowest BCUT2D eigenvalue weighted by molar-refractivity contribution is -0.126. The van der Waals surface area contributed by atoms with E-state index >= 15 is 0 Å². The Morgan fingerprint density at radius 3 is 2.66 bits per heavy atom. The Morgan fingerprint density at radius 2 is 1.81 bits per heavy atom. The molecule has 8 heteroatoms. The quantitative estimate of drug-likeness (QED) is 0.435. The smallest absolute Gasteiger partial charge is 0.270 e. The second kappa shape index (κ2) is 7.99. The van der Waals surface area contributed by atoms with Gasteiger partial charge in [0, 0.05) is 17.5 Å². The lowest BCUT2D eigenvalue weighted by atomic mass is 9.90. The molecule has 1 aliphatic rings. The number of carbonyl (C=O) groups excluding carboxylic acids is 3. The summed E-state index contributed by atoms with van der Waals surface area (Å²) < 4.78 is 5.42. The molecule has 0 saturated heterocycles. The number of anilines is 1. The van der Waals surface area contributed by atoms with Gasteiger partial charge in [0.05, 0.1) is 23.3 Å². The highest BCUT2D eigenvalue weighted by atomic mass is 16.3. The van der Waals surface area contributed by atoms with Crippen molar-refractivity contribution in [3.05, 3.63) is 84.1 Å². The molecule has 1 atom stereocenters. The SMILES string of the molecule is O=C1CC(C(=O)NNC(=O)c2cc(-c3ccco3)nc3ccccc23)c2ccccc2N1. The van der Waals surface area contributed by atoms with Crippen LogP contribution in [0.4, 0.5) is 5.69 Å². The van der Waals surface area contributed by atoms with Crippen LogP contribution >= 0.6 is 0 Å². The third-order valence-corrected chi connectivity index (χ3v) is 5.35. The van der Waals surface area contributed by atoms with E-state index in [9.17, 15) is 14.4 Å². The van der Waals surface area contributed by atoms with Crippen LogP contribution in [0, 0.1) is 0 Å². The normalized spacial score (nSPS) is 15.0. The molecular formula is C24H18N4O4. The van der Waals surface area contributed by atoms with Crippen molar-refractivity contribution in [2.45, 2.75) is 12.3 Å². The van der Waals surface area contributed by atoms with Gasteiger partial charge in [-0.05, 0) is 35.9 Å². The fraction of sp³-hybridized carbons (Fsp3) is 0.0833. The first kappa shape index (κ1) is 19.5. The number of benzene rings is 2. The molecular weight excluding hydrogens is 408 g/mol. The first-order chi connectivity index (χ1) is 15.6. The molecule has 1 unspecified atom stereocenters. The average molecular weight is 426 g/mol. The molecule has 3 heterocycles. The second-order valence-electron chi connectivity index (χ2n) is 7.39. The maximum Gasteiger partial charge on any atom is 0.270 e. The molecule has 5 rings (SSSR count). The number of hydrogen-bond donors (Lipinski definition) is 3. The van der Waals surface area contributed by atoms with Crippen LogP contribution in [0.2, 0.25) is 0 Å². The van der Waals surface area contributed by atoms with Crippen molar-refractivity contribution < 1.29 is 18.8 Å². The Labute approximate surface area is 182 Å². The van der Waals surface area contributed by atoms with E-state index in [0.717, 1.165) is 0 Å². The van der Waals surface area contributed by atoms with E-state index < -0.39 is 17.7 Å². The second-order valence-corrected chi connectivity index (χ2v) is 7.39. The summed E-state index contributed by atoms with van der Waals surface area (Å²) >= 11 is 0. The Bertz CT molecular complexity index is 1350. The number of carbonyl (C=O) groups is 3. The molecule has 32 heavy (non-hydrogen) atoms. The minimum atomic E-state index is -0.701. The Kier molecular flexibility index (Phi) is 4.87. The monoisotopic (exact) mass is 426 g/mol. The molecule has 0 fully saturated rings. The summed E-state index contributed by atoms with van der Waals surface area (Å²) in [5.74, 6) is -1.39. The number of hydrazine groups is 1. The standard InChI is InChI=1S/C24H18N4O4/c29-22-13-17(15-7-2-4-9-19(15)26-22)24(31)28-27-23(30)16-12-20(21-10-5-11-32-21)25-18-8-3-1-6-14(16)18/h1-12,17H,13H2,(H,26,29)(H,27,30)(H,28,31). The van der Waals surface area contributed by atoms with Gasteiger partial charge in [0.25, 0.3) is 5.91 Å². The number of rotatable bonds is 3. The zero-order valence-electron chi connectivity index (χ0n) is 16.8. The third-order valence-electron chi connectivity index (χ3n) is 5.35. The summed E-state index contributed by atoms with van der Waals surface area (Å²) in [6, 6.07) is 19.4. The molecule has 2 aromatic carbocycles. The number of nitrogens with zero attached hydrogens (tertiary/aromatic N) is 1. The lowest BCUT2D eigenvalue weighted by Gasteiger charge is -2.24. The van der Waals surface area contributed by atoms with Crippen molar-refractivity contribution in [2.75, 3.05) is 5.32 Å². The predicted molar refractivity (Wildman–Crippen MR) is 117 cm³/mol. The number of hydrogen-bond acceptors (Lipinski definition) is 5. The number of pyridine rings is 1. The molecule has 0 spiro atoms. The van der Waals surface area contributed by atoms with Crippen LogP contribution in [-0.4, -0.2) is 22.7 Å². The molecule has 0 radical (unpaired) electrons. The van der Waals surface area contributed by atoms with Crippen LogP contribution in [-0.2, 0) is 9.59 Å². The maximum absolute atomic E-state index is 13.0. The number of para-hydroxylation sites is 2. The summed E-state index contributed by atoms with van der Waals surface area (Å²) in [4.78, 5) is 42.4. The van der Waals surface area contributed by atoms with Crippen LogP contribution in [0.25, 0.3) is 22.4 Å². The van der Waals surface area contributed by atoms with E-state index in [2.05, 4.69) is 21.2 Å². The van der Waals surface area contributed by atoms with Gasteiger partial charge >= 0.3 is 0 Å². The van der Waals surface area contributed by atoms with Crippen molar-refractivity contribution in [3.8, 4) is 11.5 Å². The highest BCUT2D eigenvalue weighted by Crippen LogP contribution is 2.32. The molecule has 1 aliphatic heterocycles. The average Bonchev–Trinajstić information content (AvgIpc) is 3.36. The van der Waals surface area contributed by atoms with Gasteiger partial charge in [-0.25, -0.2) is 4.98 Å². The van der Waals surface area contributed by atoms with Crippen LogP contribution in [0.5, 0.6) is 0 Å². The Balaban J connectivity index is 1.40. The number of nitrogens with one attached hydrogen (secondary N) is 3. The summed E-state index contributed by atoms with van der Waals surface area (Å²) in [7, 11) is 0. The van der Waals surface area contributed by atoms with Crippen LogP contribution in [0.15, 0.2) is 77.4 Å². The van der Waals surface area contributed by atoms with E-state index in [4.69, 9.17) is 4.42 Å². The molecule has 0 bridgehead atoms. The molecule has 4 aromatic rings. The van der Waals surface area contributed by atoms with Gasteiger partial charge < -0.3 is 9.73 Å². The molecule has 0 saturated carbocycles. The molecule has 158 valence electrons. The lowest BCUT2D eigenvalue weighted by Crippen LogP contribution is -2.45. The minimum Gasteiger partial charge on any atom is -0.463 e. The number of amides is 3. The van der Waals surface area contributed by atoms with Crippen LogP contribution < -0.4 is 16.2 Å². The first-order valence-corrected chi connectivity index (χ1v) is 10.0. The van der Waals surface area contributed by atoms with Gasteiger partial charge in [-0.15, -0.1) is 0 Å². The highest BCUT2D eigenvalue weighted by molar-refractivity contribution is 6.08. The third kappa shape index (κ3) is 3.58. The number of furan rings is 1. The van der Waals surface area contributed by atoms with Crippen LogP contribution in [0.3, 0.4) is 0 Å². The molecule has 8 nitrogen and oxygen atoms in total. The van der Waals surface area contributed by atoms with E-state index in [0.29, 0.717) is 39.2 Å². The Morgan fingerprint density at radius 1 is 1.00 bits per heavy atom. The number of fused-ring (bicyclic) bond motifs is 2. The minimum absolute atomic E-state index is 0.000450. The number of aromatic nitrogens is 1. The maximum atomic E-state index is 13.0. The molecule has 3 N–H and O–H groups in total. The van der Waals surface area contributed by atoms with E-state index in [1.54, 1.807) is 54.6 Å². The van der Waals surface area contributed by atoms with Crippen molar-refractivity contribution in [2.24, 2.45) is 0 Å².